The monoisotopic (exact) mass is 191 g/mol. The second-order valence-corrected chi connectivity index (χ2v) is 3.12. The molecule has 0 fully saturated rings. The second-order valence-electron chi connectivity index (χ2n) is 3.12. The maximum atomic E-state index is 4.16. The fraction of sp³-hybridized carbons (Fsp3) is 0.444. The zero-order valence-corrected chi connectivity index (χ0v) is 8.33. The number of hydrogen-bond donors (Lipinski definition) is 2. The van der Waals surface area contributed by atoms with Crippen LogP contribution < -0.4 is 5.32 Å². The van der Waals surface area contributed by atoms with Gasteiger partial charge in [0.2, 0.25) is 0 Å². The highest BCUT2D eigenvalue weighted by Gasteiger charge is 2.10. The van der Waals surface area contributed by atoms with Crippen LogP contribution in [0.4, 0.5) is 5.82 Å². The van der Waals surface area contributed by atoms with Gasteiger partial charge in [0.15, 0.2) is 5.65 Å². The van der Waals surface area contributed by atoms with Crippen LogP contribution in [0.15, 0.2) is 6.33 Å². The van der Waals surface area contributed by atoms with E-state index in [1.54, 1.807) is 0 Å². The van der Waals surface area contributed by atoms with Crippen molar-refractivity contribution in [3.8, 4) is 0 Å². The number of hydrogen-bond acceptors (Lipinski definition) is 4. The smallest absolute Gasteiger partial charge is 0.186 e. The van der Waals surface area contributed by atoms with Gasteiger partial charge in [-0.1, -0.05) is 13.3 Å². The van der Waals surface area contributed by atoms with Crippen molar-refractivity contribution < 1.29 is 0 Å². The minimum atomic E-state index is 0.729. The lowest BCUT2D eigenvalue weighted by molar-refractivity contribution is 0.873. The Kier molecular flexibility index (Phi) is 2.30. The predicted octanol–water partition coefficient (Wildman–Crippen LogP) is 1.35. The summed E-state index contributed by atoms with van der Waals surface area (Å²) in [6.07, 6.45) is 3.57. The van der Waals surface area contributed by atoms with Crippen LogP contribution in [0.3, 0.4) is 0 Å². The molecule has 0 bridgehead atoms. The lowest BCUT2D eigenvalue weighted by Gasteiger charge is -2.00. The summed E-state index contributed by atoms with van der Waals surface area (Å²) in [4.78, 5) is 8.26. The summed E-state index contributed by atoms with van der Waals surface area (Å²) in [5, 5.41) is 11.2. The highest BCUT2D eigenvalue weighted by Crippen LogP contribution is 2.21. The molecule has 5 heteroatoms. The van der Waals surface area contributed by atoms with Crippen LogP contribution in [0.2, 0.25) is 0 Å². The predicted molar refractivity (Wildman–Crippen MR) is 55.2 cm³/mol. The fourth-order valence-electron chi connectivity index (χ4n) is 1.54. The molecule has 0 amide bonds. The van der Waals surface area contributed by atoms with Gasteiger partial charge in [-0.05, 0) is 6.42 Å². The van der Waals surface area contributed by atoms with Crippen molar-refractivity contribution in [1.29, 1.82) is 0 Å². The number of fused-ring (bicyclic) bond motifs is 1. The van der Waals surface area contributed by atoms with Crippen LogP contribution in [-0.4, -0.2) is 27.2 Å². The van der Waals surface area contributed by atoms with Crippen molar-refractivity contribution in [3.63, 3.8) is 0 Å². The number of aromatic amines is 1. The van der Waals surface area contributed by atoms with Gasteiger partial charge in [-0.25, -0.2) is 9.97 Å². The first-order chi connectivity index (χ1) is 6.86. The largest absolute Gasteiger partial charge is 0.372 e. The number of nitrogens with zero attached hydrogens (tertiary/aromatic N) is 3. The molecular weight excluding hydrogens is 178 g/mol. The molecule has 2 aromatic heterocycles. The Morgan fingerprint density at radius 3 is 3.00 bits per heavy atom. The van der Waals surface area contributed by atoms with Crippen LogP contribution in [-0.2, 0) is 6.42 Å². The molecule has 14 heavy (non-hydrogen) atoms. The van der Waals surface area contributed by atoms with E-state index in [4.69, 9.17) is 0 Å². The summed E-state index contributed by atoms with van der Waals surface area (Å²) in [5.74, 6) is 0.840. The molecule has 0 saturated carbocycles. The van der Waals surface area contributed by atoms with Crippen LogP contribution >= 0.6 is 0 Å². The van der Waals surface area contributed by atoms with Gasteiger partial charge in [0.25, 0.3) is 0 Å². The summed E-state index contributed by atoms with van der Waals surface area (Å²) in [7, 11) is 1.85. The van der Waals surface area contributed by atoms with Gasteiger partial charge in [-0.3, -0.25) is 5.10 Å². The van der Waals surface area contributed by atoms with E-state index in [0.717, 1.165) is 35.4 Å². The van der Waals surface area contributed by atoms with E-state index in [0.29, 0.717) is 0 Å². The van der Waals surface area contributed by atoms with Crippen LogP contribution in [0.5, 0.6) is 0 Å². The Morgan fingerprint density at radius 2 is 2.29 bits per heavy atom. The first-order valence-corrected chi connectivity index (χ1v) is 4.72. The Morgan fingerprint density at radius 1 is 1.43 bits per heavy atom. The zero-order chi connectivity index (χ0) is 9.97. The van der Waals surface area contributed by atoms with E-state index in [2.05, 4.69) is 32.4 Å². The number of H-pyrrole nitrogens is 1. The van der Waals surface area contributed by atoms with Crippen molar-refractivity contribution in [2.45, 2.75) is 19.8 Å². The number of nitrogens with one attached hydrogen (secondary N) is 2. The summed E-state index contributed by atoms with van der Waals surface area (Å²) >= 11 is 0. The maximum Gasteiger partial charge on any atom is 0.186 e. The summed E-state index contributed by atoms with van der Waals surface area (Å²) in [5.41, 5.74) is 1.83. The molecule has 0 aromatic carbocycles. The zero-order valence-electron chi connectivity index (χ0n) is 8.33. The van der Waals surface area contributed by atoms with Gasteiger partial charge in [-0.2, -0.15) is 5.10 Å². The summed E-state index contributed by atoms with van der Waals surface area (Å²) in [6.45, 7) is 2.13. The minimum Gasteiger partial charge on any atom is -0.372 e. The quantitative estimate of drug-likeness (QED) is 0.768. The standard InChI is InChI=1S/C9H13N5/c1-3-4-6-7-8(10-2)11-5-12-9(7)14-13-6/h5H,3-4H2,1-2H3,(H2,10,11,12,13,14). The van der Waals surface area contributed by atoms with E-state index in [-0.39, 0.29) is 0 Å². The second kappa shape index (κ2) is 3.61. The highest BCUT2D eigenvalue weighted by molar-refractivity contribution is 5.88. The van der Waals surface area contributed by atoms with Gasteiger partial charge in [0.1, 0.15) is 12.1 Å². The fourth-order valence-corrected chi connectivity index (χ4v) is 1.54. The molecule has 2 heterocycles. The average Bonchev–Trinajstić information content (AvgIpc) is 2.62. The summed E-state index contributed by atoms with van der Waals surface area (Å²) < 4.78 is 0. The lowest BCUT2D eigenvalue weighted by atomic mass is 10.2. The van der Waals surface area contributed by atoms with Crippen molar-refractivity contribution in [3.05, 3.63) is 12.0 Å². The molecule has 0 aliphatic carbocycles. The molecule has 0 radical (unpaired) electrons. The van der Waals surface area contributed by atoms with E-state index >= 15 is 0 Å². The van der Waals surface area contributed by atoms with Gasteiger partial charge < -0.3 is 5.32 Å². The van der Waals surface area contributed by atoms with Crippen molar-refractivity contribution in [2.24, 2.45) is 0 Å². The van der Waals surface area contributed by atoms with Gasteiger partial charge in [0.05, 0.1) is 5.39 Å². The molecule has 5 nitrogen and oxygen atoms in total. The van der Waals surface area contributed by atoms with E-state index in [1.165, 1.54) is 6.33 Å². The van der Waals surface area contributed by atoms with Crippen molar-refractivity contribution in [1.82, 2.24) is 20.2 Å². The number of rotatable bonds is 3. The molecular formula is C9H13N5. The maximum absolute atomic E-state index is 4.16. The molecule has 2 rings (SSSR count). The van der Waals surface area contributed by atoms with E-state index in [9.17, 15) is 0 Å². The third kappa shape index (κ3) is 1.30. The number of aryl methyl sites for hydroxylation is 1. The molecule has 0 aliphatic rings. The van der Waals surface area contributed by atoms with Crippen LogP contribution in [0.25, 0.3) is 11.0 Å². The molecule has 0 aliphatic heterocycles. The first kappa shape index (κ1) is 8.93. The lowest BCUT2D eigenvalue weighted by Crippen LogP contribution is -1.95. The number of anilines is 1. The highest BCUT2D eigenvalue weighted by atomic mass is 15.2. The topological polar surface area (TPSA) is 66.5 Å². The Hall–Kier alpha value is -1.65. The molecule has 74 valence electrons. The normalized spacial score (nSPS) is 10.7. The first-order valence-electron chi connectivity index (χ1n) is 4.72. The SMILES string of the molecule is CCCc1[nH]nc2ncnc(NC)c12. The molecule has 0 spiro atoms. The Balaban J connectivity index is 2.62. The molecule has 0 saturated heterocycles. The molecule has 2 N–H and O–H groups in total. The van der Waals surface area contributed by atoms with Crippen molar-refractivity contribution >= 4 is 16.9 Å². The number of aromatic nitrogens is 4. The van der Waals surface area contributed by atoms with Gasteiger partial charge >= 0.3 is 0 Å². The van der Waals surface area contributed by atoms with Crippen molar-refractivity contribution in [2.75, 3.05) is 12.4 Å². The van der Waals surface area contributed by atoms with E-state index < -0.39 is 0 Å². The molecule has 0 unspecified atom stereocenters. The average molecular weight is 191 g/mol. The van der Waals surface area contributed by atoms with E-state index in [1.807, 2.05) is 7.05 Å². The Bertz CT molecular complexity index is 434. The molecule has 2 aromatic rings. The molecule has 0 atom stereocenters. The Labute approximate surface area is 82.0 Å². The third-order valence-corrected chi connectivity index (χ3v) is 2.16. The minimum absolute atomic E-state index is 0.729. The third-order valence-electron chi connectivity index (χ3n) is 2.16. The summed E-state index contributed by atoms with van der Waals surface area (Å²) in [6, 6.07) is 0. The van der Waals surface area contributed by atoms with Crippen LogP contribution in [0.1, 0.15) is 19.0 Å². The van der Waals surface area contributed by atoms with Gasteiger partial charge in [-0.15, -0.1) is 0 Å². The van der Waals surface area contributed by atoms with Crippen LogP contribution in [0, 0.1) is 0 Å². The van der Waals surface area contributed by atoms with Gasteiger partial charge in [0, 0.05) is 12.7 Å².